The summed E-state index contributed by atoms with van der Waals surface area (Å²) in [6, 6.07) is 15.0. The summed E-state index contributed by atoms with van der Waals surface area (Å²) >= 11 is 0. The lowest BCUT2D eigenvalue weighted by Crippen LogP contribution is -2.06. The summed E-state index contributed by atoms with van der Waals surface area (Å²) in [5.41, 5.74) is 2.04. The van der Waals surface area contributed by atoms with Gasteiger partial charge in [-0.3, -0.25) is 10.1 Å². The number of halogens is 3. The molecule has 0 aliphatic rings. The largest absolute Gasteiger partial charge is 0.450 e. The van der Waals surface area contributed by atoms with E-state index in [1.165, 1.54) is 5.56 Å². The van der Waals surface area contributed by atoms with E-state index in [4.69, 9.17) is 4.74 Å². The second kappa shape index (κ2) is 8.44. The highest BCUT2D eigenvalue weighted by Crippen LogP contribution is 2.38. The highest BCUT2D eigenvalue weighted by atomic mass is 19.4. The van der Waals surface area contributed by atoms with Crippen molar-refractivity contribution in [1.82, 2.24) is 0 Å². The van der Waals surface area contributed by atoms with Crippen LogP contribution < -0.4 is 10.1 Å². The van der Waals surface area contributed by atoms with Gasteiger partial charge in [0.1, 0.15) is 5.75 Å². The molecule has 0 saturated carbocycles. The summed E-state index contributed by atoms with van der Waals surface area (Å²) in [4.78, 5) is 10.4. The van der Waals surface area contributed by atoms with E-state index in [1.54, 1.807) is 24.3 Å². The van der Waals surface area contributed by atoms with Gasteiger partial charge in [0.25, 0.3) is 0 Å². The Balaban J connectivity index is 1.85. The molecule has 156 valence electrons. The van der Waals surface area contributed by atoms with Gasteiger partial charge in [-0.15, -0.1) is 0 Å². The molecule has 3 aromatic carbocycles. The van der Waals surface area contributed by atoms with Gasteiger partial charge in [0.15, 0.2) is 0 Å². The van der Waals surface area contributed by atoms with Gasteiger partial charge < -0.3 is 10.1 Å². The predicted molar refractivity (Wildman–Crippen MR) is 108 cm³/mol. The molecule has 0 aliphatic carbocycles. The number of nitrogens with one attached hydrogen (secondary N) is 1. The Bertz CT molecular complexity index is 1080. The van der Waals surface area contributed by atoms with Crippen LogP contribution in [-0.2, 0) is 12.7 Å². The van der Waals surface area contributed by atoms with Crippen LogP contribution in [0.2, 0.25) is 0 Å². The Morgan fingerprint density at radius 3 is 2.37 bits per heavy atom. The quantitative estimate of drug-likeness (QED) is 0.362. The summed E-state index contributed by atoms with van der Waals surface area (Å²) in [5, 5.41) is 14.6. The fourth-order valence-electron chi connectivity index (χ4n) is 2.84. The number of benzene rings is 3. The van der Waals surface area contributed by atoms with Gasteiger partial charge in [-0.1, -0.05) is 24.3 Å². The van der Waals surface area contributed by atoms with E-state index < -0.39 is 22.4 Å². The maximum absolute atomic E-state index is 12.9. The monoisotopic (exact) mass is 416 g/mol. The van der Waals surface area contributed by atoms with Crippen molar-refractivity contribution < 1.29 is 22.8 Å². The highest BCUT2D eigenvalue weighted by Gasteiger charge is 2.33. The molecule has 0 bridgehead atoms. The molecule has 0 aromatic heterocycles. The first-order chi connectivity index (χ1) is 14.1. The molecular weight excluding hydrogens is 397 g/mol. The van der Waals surface area contributed by atoms with Gasteiger partial charge in [0, 0.05) is 23.9 Å². The minimum absolute atomic E-state index is 0.258. The standard InChI is InChI=1S/C22H19F3N2O3/c1-14-7-9-18(11-15(14)2)26-13-16-5-3-4-6-20(16)30-21-10-8-17(22(23,24)25)12-19(21)27(28)29/h3-12,26H,13H2,1-2H3. The van der Waals surface area contributed by atoms with E-state index in [-0.39, 0.29) is 5.75 Å². The maximum atomic E-state index is 12.9. The van der Waals surface area contributed by atoms with E-state index in [9.17, 15) is 23.3 Å². The minimum Gasteiger partial charge on any atom is -0.450 e. The van der Waals surface area contributed by atoms with Crippen LogP contribution in [-0.4, -0.2) is 4.92 Å². The van der Waals surface area contributed by atoms with Crippen molar-refractivity contribution in [2.45, 2.75) is 26.6 Å². The molecule has 5 nitrogen and oxygen atoms in total. The first-order valence-electron chi connectivity index (χ1n) is 9.07. The van der Waals surface area contributed by atoms with E-state index in [1.807, 2.05) is 32.0 Å². The summed E-state index contributed by atoms with van der Waals surface area (Å²) in [7, 11) is 0. The number of rotatable bonds is 6. The molecule has 3 aromatic rings. The summed E-state index contributed by atoms with van der Waals surface area (Å²) in [5.74, 6) is 0.0586. The molecule has 8 heteroatoms. The van der Waals surface area contributed by atoms with Crippen molar-refractivity contribution in [2.24, 2.45) is 0 Å². The summed E-state index contributed by atoms with van der Waals surface area (Å²) < 4.78 is 44.3. The van der Waals surface area contributed by atoms with E-state index in [2.05, 4.69) is 5.32 Å². The van der Waals surface area contributed by atoms with Crippen molar-refractivity contribution in [3.63, 3.8) is 0 Å². The number of hydrogen-bond acceptors (Lipinski definition) is 4. The van der Waals surface area contributed by atoms with Gasteiger partial charge in [-0.2, -0.15) is 13.2 Å². The fourth-order valence-corrected chi connectivity index (χ4v) is 2.84. The third-order valence-electron chi connectivity index (χ3n) is 4.67. The molecule has 0 saturated heterocycles. The zero-order valence-corrected chi connectivity index (χ0v) is 16.3. The topological polar surface area (TPSA) is 64.4 Å². The molecule has 0 aliphatic heterocycles. The zero-order valence-electron chi connectivity index (χ0n) is 16.3. The summed E-state index contributed by atoms with van der Waals surface area (Å²) in [6.07, 6.45) is -4.68. The number of ether oxygens (including phenoxy) is 1. The Hall–Kier alpha value is -3.55. The van der Waals surface area contributed by atoms with Crippen molar-refractivity contribution >= 4 is 11.4 Å². The van der Waals surface area contributed by atoms with Crippen LogP contribution in [0.4, 0.5) is 24.5 Å². The molecular formula is C22H19F3N2O3. The van der Waals surface area contributed by atoms with Crippen molar-refractivity contribution in [3.05, 3.63) is 93.0 Å². The number of alkyl halides is 3. The number of para-hydroxylation sites is 1. The van der Waals surface area contributed by atoms with Crippen LogP contribution in [0.3, 0.4) is 0 Å². The van der Waals surface area contributed by atoms with Gasteiger partial charge in [-0.25, -0.2) is 0 Å². The van der Waals surface area contributed by atoms with Crippen molar-refractivity contribution in [1.29, 1.82) is 0 Å². The molecule has 0 spiro atoms. The number of hydrogen-bond donors (Lipinski definition) is 1. The maximum Gasteiger partial charge on any atom is 0.416 e. The highest BCUT2D eigenvalue weighted by molar-refractivity contribution is 5.53. The van der Waals surface area contributed by atoms with Gasteiger partial charge in [-0.05, 0) is 55.3 Å². The van der Waals surface area contributed by atoms with Crippen LogP contribution in [0, 0.1) is 24.0 Å². The predicted octanol–water partition coefficient (Wildman–Crippen LogP) is 6.63. The third kappa shape index (κ3) is 4.89. The number of anilines is 1. The smallest absolute Gasteiger partial charge is 0.416 e. The van der Waals surface area contributed by atoms with Gasteiger partial charge in [0.05, 0.1) is 10.5 Å². The van der Waals surface area contributed by atoms with E-state index in [0.29, 0.717) is 23.9 Å². The lowest BCUT2D eigenvalue weighted by Gasteiger charge is -2.14. The fraction of sp³-hybridized carbons (Fsp3) is 0.182. The number of nitro groups is 1. The first kappa shape index (κ1) is 21.2. The van der Waals surface area contributed by atoms with Crippen LogP contribution in [0.15, 0.2) is 60.7 Å². The lowest BCUT2D eigenvalue weighted by atomic mass is 10.1. The van der Waals surface area contributed by atoms with E-state index >= 15 is 0 Å². The number of nitro benzene ring substituents is 1. The van der Waals surface area contributed by atoms with Crippen molar-refractivity contribution in [2.75, 3.05) is 5.32 Å². The normalized spacial score (nSPS) is 11.2. The number of nitrogens with zero attached hydrogens (tertiary/aromatic N) is 1. The summed E-state index contributed by atoms with van der Waals surface area (Å²) in [6.45, 7) is 4.38. The van der Waals surface area contributed by atoms with Crippen LogP contribution >= 0.6 is 0 Å². The Morgan fingerprint density at radius 1 is 0.967 bits per heavy atom. The number of aryl methyl sites for hydroxylation is 2. The first-order valence-corrected chi connectivity index (χ1v) is 9.07. The molecule has 0 atom stereocenters. The lowest BCUT2D eigenvalue weighted by molar-refractivity contribution is -0.385. The molecule has 30 heavy (non-hydrogen) atoms. The molecule has 0 fully saturated rings. The average Bonchev–Trinajstić information content (AvgIpc) is 2.69. The van der Waals surface area contributed by atoms with Crippen molar-refractivity contribution in [3.8, 4) is 11.5 Å². The van der Waals surface area contributed by atoms with Gasteiger partial charge in [0.2, 0.25) is 5.75 Å². The molecule has 0 amide bonds. The molecule has 3 rings (SSSR count). The SMILES string of the molecule is Cc1ccc(NCc2ccccc2Oc2ccc(C(F)(F)F)cc2[N+](=O)[O-])cc1C. The molecule has 0 heterocycles. The second-order valence-electron chi connectivity index (χ2n) is 6.80. The van der Waals surface area contributed by atoms with Gasteiger partial charge >= 0.3 is 11.9 Å². The van der Waals surface area contributed by atoms with Crippen LogP contribution in [0.5, 0.6) is 11.5 Å². The Morgan fingerprint density at radius 2 is 1.70 bits per heavy atom. The van der Waals surface area contributed by atoms with Crippen LogP contribution in [0.1, 0.15) is 22.3 Å². The minimum atomic E-state index is -4.68. The second-order valence-corrected chi connectivity index (χ2v) is 6.80. The van der Waals surface area contributed by atoms with E-state index in [0.717, 1.165) is 23.4 Å². The Kier molecular flexibility index (Phi) is 5.96. The third-order valence-corrected chi connectivity index (χ3v) is 4.67. The molecule has 1 N–H and O–H groups in total. The molecule has 0 radical (unpaired) electrons. The molecule has 0 unspecified atom stereocenters. The average molecular weight is 416 g/mol. The van der Waals surface area contributed by atoms with Crippen LogP contribution in [0.25, 0.3) is 0 Å². The zero-order chi connectivity index (χ0) is 21.9. The Labute approximate surface area is 171 Å².